The lowest BCUT2D eigenvalue weighted by Crippen LogP contribution is -2.44. The summed E-state index contributed by atoms with van der Waals surface area (Å²) in [6, 6.07) is 0. The highest BCUT2D eigenvalue weighted by Gasteiger charge is 2.39. The maximum atomic E-state index is 11.9. The van der Waals surface area contributed by atoms with E-state index in [4.69, 9.17) is 10.3 Å². The van der Waals surface area contributed by atoms with Crippen molar-refractivity contribution < 1.29 is 9.32 Å². The van der Waals surface area contributed by atoms with E-state index in [0.717, 1.165) is 45.1 Å². The van der Waals surface area contributed by atoms with Gasteiger partial charge in [0.15, 0.2) is 5.82 Å². The van der Waals surface area contributed by atoms with Crippen molar-refractivity contribution in [2.24, 2.45) is 5.73 Å². The molecule has 0 spiro atoms. The quantitative estimate of drug-likeness (QED) is 0.919. The molecule has 1 aliphatic carbocycles. The molecule has 1 aromatic rings. The van der Waals surface area contributed by atoms with Gasteiger partial charge in [-0.2, -0.15) is 4.98 Å². The summed E-state index contributed by atoms with van der Waals surface area (Å²) >= 11 is 0. The van der Waals surface area contributed by atoms with Crippen LogP contribution in [-0.4, -0.2) is 27.5 Å². The molecule has 0 bridgehead atoms. The number of amides is 1. The molecule has 0 aromatic carbocycles. The molecule has 0 radical (unpaired) electrons. The topological polar surface area (TPSA) is 85.2 Å². The lowest BCUT2D eigenvalue weighted by molar-refractivity contribution is -0.131. The predicted octanol–water partition coefficient (Wildman–Crippen LogP) is 1.73. The molecule has 0 unspecified atom stereocenters. The summed E-state index contributed by atoms with van der Waals surface area (Å²) in [5, 5.41) is 3.97. The van der Waals surface area contributed by atoms with Crippen LogP contribution in [0.4, 0.5) is 0 Å². The Labute approximate surface area is 124 Å². The average Bonchev–Trinajstić information content (AvgIpc) is 2.73. The third-order valence-corrected chi connectivity index (χ3v) is 4.16. The van der Waals surface area contributed by atoms with Crippen molar-refractivity contribution in [2.45, 2.75) is 57.0 Å². The van der Waals surface area contributed by atoms with Crippen molar-refractivity contribution >= 4 is 18.3 Å². The minimum atomic E-state index is -0.398. The van der Waals surface area contributed by atoms with Gasteiger partial charge in [0.2, 0.25) is 11.8 Å². The number of halogens is 1. The summed E-state index contributed by atoms with van der Waals surface area (Å²) in [5.41, 5.74) is 5.76. The second-order valence-corrected chi connectivity index (χ2v) is 5.65. The van der Waals surface area contributed by atoms with Gasteiger partial charge in [-0.15, -0.1) is 12.4 Å². The zero-order valence-corrected chi connectivity index (χ0v) is 12.3. The molecular formula is C13H21ClN4O2. The molecule has 1 aliphatic heterocycles. The fourth-order valence-electron chi connectivity index (χ4n) is 2.67. The van der Waals surface area contributed by atoms with Crippen LogP contribution in [-0.2, 0) is 16.9 Å². The Morgan fingerprint density at radius 2 is 2.05 bits per heavy atom. The molecular weight excluding hydrogens is 280 g/mol. The Kier molecular flexibility index (Phi) is 4.65. The van der Waals surface area contributed by atoms with Gasteiger partial charge in [-0.25, -0.2) is 0 Å². The molecule has 1 amide bonds. The second kappa shape index (κ2) is 6.10. The number of aromatic nitrogens is 2. The zero-order valence-electron chi connectivity index (χ0n) is 11.5. The average molecular weight is 301 g/mol. The molecule has 3 rings (SSSR count). The first-order chi connectivity index (χ1) is 9.17. The first kappa shape index (κ1) is 15.3. The second-order valence-electron chi connectivity index (χ2n) is 5.65. The maximum Gasteiger partial charge on any atom is 0.246 e. The van der Waals surface area contributed by atoms with E-state index in [-0.39, 0.29) is 18.3 Å². The number of nitrogens with zero attached hydrogens (tertiary/aromatic N) is 3. The van der Waals surface area contributed by atoms with Crippen LogP contribution in [0.25, 0.3) is 0 Å². The van der Waals surface area contributed by atoms with Crippen LogP contribution in [0.3, 0.4) is 0 Å². The Bertz CT molecular complexity index is 473. The highest BCUT2D eigenvalue weighted by Crippen LogP contribution is 2.36. The van der Waals surface area contributed by atoms with E-state index in [1.807, 2.05) is 4.90 Å². The Balaban J connectivity index is 0.00000147. The molecule has 6 nitrogen and oxygen atoms in total. The molecule has 2 fully saturated rings. The van der Waals surface area contributed by atoms with E-state index in [9.17, 15) is 4.79 Å². The highest BCUT2D eigenvalue weighted by molar-refractivity contribution is 5.85. The van der Waals surface area contributed by atoms with Crippen molar-refractivity contribution in [3.05, 3.63) is 11.7 Å². The first-order valence-electron chi connectivity index (χ1n) is 7.07. The van der Waals surface area contributed by atoms with Gasteiger partial charge < -0.3 is 15.2 Å². The van der Waals surface area contributed by atoms with E-state index in [0.29, 0.717) is 24.7 Å². The van der Waals surface area contributed by atoms with Crippen molar-refractivity contribution in [3.63, 3.8) is 0 Å². The van der Waals surface area contributed by atoms with Gasteiger partial charge in [0, 0.05) is 13.0 Å². The molecule has 20 heavy (non-hydrogen) atoms. The van der Waals surface area contributed by atoms with E-state index < -0.39 is 5.54 Å². The van der Waals surface area contributed by atoms with E-state index >= 15 is 0 Å². The number of hydrogen-bond acceptors (Lipinski definition) is 5. The normalized spacial score (nSPS) is 21.9. The van der Waals surface area contributed by atoms with Gasteiger partial charge in [0.1, 0.15) is 0 Å². The summed E-state index contributed by atoms with van der Waals surface area (Å²) in [6.07, 6.45) is 6.71. The van der Waals surface area contributed by atoms with Gasteiger partial charge in [0.25, 0.3) is 0 Å². The van der Waals surface area contributed by atoms with Crippen molar-refractivity contribution in [1.29, 1.82) is 0 Å². The maximum absolute atomic E-state index is 11.9. The minimum Gasteiger partial charge on any atom is -0.337 e. The van der Waals surface area contributed by atoms with Crippen LogP contribution in [0.15, 0.2) is 4.52 Å². The molecule has 2 heterocycles. The monoisotopic (exact) mass is 300 g/mol. The molecule has 1 aromatic heterocycles. The smallest absolute Gasteiger partial charge is 0.246 e. The molecule has 7 heteroatoms. The summed E-state index contributed by atoms with van der Waals surface area (Å²) in [7, 11) is 0. The summed E-state index contributed by atoms with van der Waals surface area (Å²) in [6.45, 7) is 1.20. The lowest BCUT2D eigenvalue weighted by atomic mass is 9.77. The fourth-order valence-corrected chi connectivity index (χ4v) is 2.67. The van der Waals surface area contributed by atoms with Crippen LogP contribution in [0.2, 0.25) is 0 Å². The largest absolute Gasteiger partial charge is 0.337 e. The standard InChI is InChI=1S/C13H20N4O2.ClH/c14-13(6-4-7-13)12-15-10(19-16-12)9-17-8-3-1-2-5-11(17)18;/h1-9,14H2;1H. The lowest BCUT2D eigenvalue weighted by Gasteiger charge is -2.34. The molecule has 1 saturated heterocycles. The Morgan fingerprint density at radius 3 is 2.75 bits per heavy atom. The highest BCUT2D eigenvalue weighted by atomic mass is 35.5. The molecule has 2 N–H and O–H groups in total. The summed E-state index contributed by atoms with van der Waals surface area (Å²) in [4.78, 5) is 18.1. The van der Waals surface area contributed by atoms with Gasteiger partial charge in [0.05, 0.1) is 12.1 Å². The SMILES string of the molecule is Cl.NC1(c2noc(CN3CCCCCC3=O)n2)CCC1. The van der Waals surface area contributed by atoms with Crippen LogP contribution in [0.1, 0.15) is 56.7 Å². The number of carbonyl (C=O) groups is 1. The number of rotatable bonds is 3. The fraction of sp³-hybridized carbons (Fsp3) is 0.769. The summed E-state index contributed by atoms with van der Waals surface area (Å²) in [5.74, 6) is 1.28. The van der Waals surface area contributed by atoms with E-state index in [2.05, 4.69) is 10.1 Å². The van der Waals surface area contributed by atoms with Gasteiger partial charge >= 0.3 is 0 Å². The van der Waals surface area contributed by atoms with Gasteiger partial charge in [-0.1, -0.05) is 11.6 Å². The molecule has 112 valence electrons. The Hall–Kier alpha value is -1.14. The summed E-state index contributed by atoms with van der Waals surface area (Å²) < 4.78 is 5.24. The first-order valence-corrected chi connectivity index (χ1v) is 7.07. The van der Waals surface area contributed by atoms with Crippen molar-refractivity contribution in [3.8, 4) is 0 Å². The van der Waals surface area contributed by atoms with Gasteiger partial charge in [-0.05, 0) is 32.1 Å². The van der Waals surface area contributed by atoms with Crippen LogP contribution in [0, 0.1) is 0 Å². The Morgan fingerprint density at radius 1 is 1.25 bits per heavy atom. The predicted molar refractivity (Wildman–Crippen MR) is 75.1 cm³/mol. The number of likely N-dealkylation sites (tertiary alicyclic amines) is 1. The van der Waals surface area contributed by atoms with E-state index in [1.165, 1.54) is 0 Å². The van der Waals surface area contributed by atoms with E-state index in [1.54, 1.807) is 0 Å². The van der Waals surface area contributed by atoms with Crippen molar-refractivity contribution in [1.82, 2.24) is 15.0 Å². The minimum absolute atomic E-state index is 0. The molecule has 1 saturated carbocycles. The third-order valence-electron chi connectivity index (χ3n) is 4.16. The molecule has 2 aliphatic rings. The number of hydrogen-bond donors (Lipinski definition) is 1. The van der Waals surface area contributed by atoms with Crippen LogP contribution < -0.4 is 5.73 Å². The van der Waals surface area contributed by atoms with Crippen LogP contribution in [0.5, 0.6) is 0 Å². The van der Waals surface area contributed by atoms with Crippen LogP contribution >= 0.6 is 12.4 Å². The van der Waals surface area contributed by atoms with Gasteiger partial charge in [-0.3, -0.25) is 4.79 Å². The third kappa shape index (κ3) is 2.96. The van der Waals surface area contributed by atoms with Crippen molar-refractivity contribution in [2.75, 3.05) is 6.54 Å². The number of nitrogens with two attached hydrogens (primary N) is 1. The zero-order chi connectivity index (χ0) is 13.3. The number of carbonyl (C=O) groups excluding carboxylic acids is 1. The molecule has 0 atom stereocenters.